The fourth-order valence-corrected chi connectivity index (χ4v) is 2.95. The maximum Gasteiger partial charge on any atom is 0.0647 e. The molecule has 116 valence electrons. The predicted molar refractivity (Wildman–Crippen MR) is 86.5 cm³/mol. The van der Waals surface area contributed by atoms with Gasteiger partial charge in [0.1, 0.15) is 0 Å². The van der Waals surface area contributed by atoms with Gasteiger partial charge in [0.05, 0.1) is 5.60 Å². The van der Waals surface area contributed by atoms with Gasteiger partial charge in [-0.15, -0.1) is 0 Å². The Morgan fingerprint density at radius 3 is 2.00 bits per heavy atom. The van der Waals surface area contributed by atoms with Crippen LogP contribution in [0, 0.1) is 5.92 Å². The van der Waals surface area contributed by atoms with E-state index in [1.54, 1.807) is 0 Å². The Hall–Kier alpha value is -0.0400. The van der Waals surface area contributed by atoms with E-state index in [1.165, 1.54) is 51.4 Å². The largest absolute Gasteiger partial charge is 0.390 e. The highest BCUT2D eigenvalue weighted by Gasteiger charge is 2.27. The molecule has 0 aliphatic heterocycles. The first-order valence-electron chi connectivity index (χ1n) is 8.84. The maximum absolute atomic E-state index is 10.7. The summed E-state index contributed by atoms with van der Waals surface area (Å²) in [5, 5.41) is 10.7. The minimum absolute atomic E-state index is 0.389. The molecule has 0 radical (unpaired) electrons. The molecule has 1 nitrogen and oxygen atoms in total. The van der Waals surface area contributed by atoms with Crippen LogP contribution in [0.2, 0.25) is 0 Å². The summed E-state index contributed by atoms with van der Waals surface area (Å²) < 4.78 is 0. The number of hydrogen-bond donors (Lipinski definition) is 1. The van der Waals surface area contributed by atoms with Gasteiger partial charge in [-0.05, 0) is 25.2 Å². The summed E-state index contributed by atoms with van der Waals surface area (Å²) in [6.45, 7) is 8.90. The summed E-state index contributed by atoms with van der Waals surface area (Å²) in [7, 11) is 0. The molecular weight excluding hydrogens is 232 g/mol. The minimum atomic E-state index is -0.389. The minimum Gasteiger partial charge on any atom is -0.390 e. The van der Waals surface area contributed by atoms with Gasteiger partial charge >= 0.3 is 0 Å². The van der Waals surface area contributed by atoms with Crippen LogP contribution in [0.1, 0.15) is 105 Å². The van der Waals surface area contributed by atoms with Gasteiger partial charge in [-0.25, -0.2) is 0 Å². The van der Waals surface area contributed by atoms with Crippen LogP contribution in [0.25, 0.3) is 0 Å². The molecule has 0 spiro atoms. The van der Waals surface area contributed by atoms with Gasteiger partial charge in [0, 0.05) is 0 Å². The number of unbranched alkanes of at least 4 members (excludes halogenated alkanes) is 5. The molecule has 0 aromatic carbocycles. The Labute approximate surface area is 122 Å². The fraction of sp³-hybridized carbons (Fsp3) is 1.00. The molecule has 0 bridgehead atoms. The predicted octanol–water partition coefficient (Wildman–Crippen LogP) is 6.09. The molecule has 2 atom stereocenters. The quantitative estimate of drug-likeness (QED) is 0.401. The second kappa shape index (κ2) is 11.8. The lowest BCUT2D eigenvalue weighted by Crippen LogP contribution is -2.30. The Kier molecular flexibility index (Phi) is 11.7. The SMILES string of the molecule is CCCCCCCC(CC)CC(O)(CC)CCCC. The van der Waals surface area contributed by atoms with Crippen LogP contribution in [0.15, 0.2) is 0 Å². The zero-order valence-corrected chi connectivity index (χ0v) is 14.0. The molecule has 0 aromatic rings. The normalized spacial score (nSPS) is 16.3. The zero-order valence-electron chi connectivity index (χ0n) is 14.0. The monoisotopic (exact) mass is 270 g/mol. The standard InChI is InChI=1S/C18H38O/c1-5-9-11-12-13-14-17(7-3)16-18(19,8-4)15-10-6-2/h17,19H,5-16H2,1-4H3. The maximum atomic E-state index is 10.7. The Balaban J connectivity index is 3.99. The molecule has 0 aliphatic carbocycles. The van der Waals surface area contributed by atoms with Crippen molar-refractivity contribution in [1.82, 2.24) is 0 Å². The molecule has 0 saturated carbocycles. The highest BCUT2D eigenvalue weighted by atomic mass is 16.3. The summed E-state index contributed by atoms with van der Waals surface area (Å²) >= 11 is 0. The summed E-state index contributed by atoms with van der Waals surface area (Å²) in [5.74, 6) is 0.725. The molecular formula is C18H38O. The van der Waals surface area contributed by atoms with E-state index < -0.39 is 0 Å². The van der Waals surface area contributed by atoms with Crippen LogP contribution in [-0.4, -0.2) is 10.7 Å². The van der Waals surface area contributed by atoms with Crippen LogP contribution >= 0.6 is 0 Å². The van der Waals surface area contributed by atoms with Crippen LogP contribution in [0.3, 0.4) is 0 Å². The highest BCUT2D eigenvalue weighted by molar-refractivity contribution is 4.80. The number of rotatable bonds is 13. The number of hydrogen-bond acceptors (Lipinski definition) is 1. The topological polar surface area (TPSA) is 20.2 Å². The summed E-state index contributed by atoms with van der Waals surface area (Å²) in [4.78, 5) is 0. The first kappa shape index (κ1) is 19.0. The van der Waals surface area contributed by atoms with E-state index in [-0.39, 0.29) is 5.60 Å². The average molecular weight is 271 g/mol. The molecule has 19 heavy (non-hydrogen) atoms. The van der Waals surface area contributed by atoms with E-state index in [9.17, 15) is 5.11 Å². The third kappa shape index (κ3) is 9.49. The van der Waals surface area contributed by atoms with Gasteiger partial charge in [-0.1, -0.05) is 85.5 Å². The Bertz CT molecular complexity index is 190. The Morgan fingerprint density at radius 2 is 1.47 bits per heavy atom. The fourth-order valence-electron chi connectivity index (χ4n) is 2.95. The molecule has 2 unspecified atom stereocenters. The van der Waals surface area contributed by atoms with E-state index in [2.05, 4.69) is 27.7 Å². The van der Waals surface area contributed by atoms with E-state index in [1.807, 2.05) is 0 Å². The molecule has 0 aliphatic rings. The van der Waals surface area contributed by atoms with Crippen LogP contribution in [0.5, 0.6) is 0 Å². The van der Waals surface area contributed by atoms with Crippen molar-refractivity contribution in [1.29, 1.82) is 0 Å². The third-order valence-corrected chi connectivity index (χ3v) is 4.62. The van der Waals surface area contributed by atoms with Crippen LogP contribution in [-0.2, 0) is 0 Å². The first-order valence-corrected chi connectivity index (χ1v) is 8.84. The zero-order chi connectivity index (χ0) is 14.6. The van der Waals surface area contributed by atoms with Crippen molar-refractivity contribution in [3.8, 4) is 0 Å². The second-order valence-electron chi connectivity index (χ2n) is 6.36. The highest BCUT2D eigenvalue weighted by Crippen LogP contribution is 2.30. The summed E-state index contributed by atoms with van der Waals surface area (Å²) in [6.07, 6.45) is 14.6. The van der Waals surface area contributed by atoms with Crippen molar-refractivity contribution < 1.29 is 5.11 Å². The molecule has 0 saturated heterocycles. The molecule has 0 fully saturated rings. The van der Waals surface area contributed by atoms with E-state index in [0.29, 0.717) is 0 Å². The molecule has 0 amide bonds. The van der Waals surface area contributed by atoms with Crippen molar-refractivity contribution >= 4 is 0 Å². The van der Waals surface area contributed by atoms with Crippen molar-refractivity contribution in [2.24, 2.45) is 5.92 Å². The van der Waals surface area contributed by atoms with Crippen molar-refractivity contribution in [3.63, 3.8) is 0 Å². The summed E-state index contributed by atoms with van der Waals surface area (Å²) in [5.41, 5.74) is -0.389. The van der Waals surface area contributed by atoms with E-state index in [0.717, 1.165) is 31.6 Å². The van der Waals surface area contributed by atoms with Crippen molar-refractivity contribution in [2.75, 3.05) is 0 Å². The molecule has 0 aromatic heterocycles. The van der Waals surface area contributed by atoms with Gasteiger partial charge in [0.15, 0.2) is 0 Å². The van der Waals surface area contributed by atoms with Gasteiger partial charge in [0.25, 0.3) is 0 Å². The lowest BCUT2D eigenvalue weighted by atomic mass is 9.81. The second-order valence-corrected chi connectivity index (χ2v) is 6.36. The van der Waals surface area contributed by atoms with Gasteiger partial charge in [0.2, 0.25) is 0 Å². The van der Waals surface area contributed by atoms with Gasteiger partial charge in [-0.2, -0.15) is 0 Å². The van der Waals surface area contributed by atoms with E-state index in [4.69, 9.17) is 0 Å². The smallest absolute Gasteiger partial charge is 0.0647 e. The number of aliphatic hydroxyl groups is 1. The Morgan fingerprint density at radius 1 is 0.842 bits per heavy atom. The van der Waals surface area contributed by atoms with Crippen LogP contribution in [0.4, 0.5) is 0 Å². The molecule has 1 heteroatoms. The van der Waals surface area contributed by atoms with Crippen LogP contribution < -0.4 is 0 Å². The lowest BCUT2D eigenvalue weighted by Gasteiger charge is -2.31. The van der Waals surface area contributed by atoms with Crippen molar-refractivity contribution in [3.05, 3.63) is 0 Å². The van der Waals surface area contributed by atoms with Gasteiger partial charge in [-0.3, -0.25) is 0 Å². The molecule has 1 N–H and O–H groups in total. The van der Waals surface area contributed by atoms with E-state index >= 15 is 0 Å². The van der Waals surface area contributed by atoms with Gasteiger partial charge < -0.3 is 5.11 Å². The molecule has 0 heterocycles. The van der Waals surface area contributed by atoms with Crippen molar-refractivity contribution in [2.45, 2.75) is 110 Å². The lowest BCUT2D eigenvalue weighted by molar-refractivity contribution is -0.000403. The molecule has 0 rings (SSSR count). The first-order chi connectivity index (χ1) is 9.11. The average Bonchev–Trinajstić information content (AvgIpc) is 2.43. The summed E-state index contributed by atoms with van der Waals surface area (Å²) in [6, 6.07) is 0. The third-order valence-electron chi connectivity index (χ3n) is 4.62.